The minimum atomic E-state index is -0.162. The van der Waals surface area contributed by atoms with E-state index >= 15 is 0 Å². The molecular weight excluding hydrogens is 394 g/mol. The number of fused-ring (bicyclic) bond motifs is 1. The van der Waals surface area contributed by atoms with E-state index in [9.17, 15) is 4.79 Å². The molecule has 1 N–H and O–H groups in total. The van der Waals surface area contributed by atoms with E-state index in [0.29, 0.717) is 11.2 Å². The molecule has 4 aromatic rings. The van der Waals surface area contributed by atoms with E-state index in [2.05, 4.69) is 36.5 Å². The number of halogens is 1. The number of carbonyl (C=O) groups excluding carboxylic acids is 1. The van der Waals surface area contributed by atoms with Crippen LogP contribution in [0.1, 0.15) is 16.2 Å². The Bertz CT molecular complexity index is 1100. The molecule has 128 valence electrons. The lowest BCUT2D eigenvalue weighted by Crippen LogP contribution is -2.12. The summed E-state index contributed by atoms with van der Waals surface area (Å²) in [5.74, 6) is 0.573. The van der Waals surface area contributed by atoms with Crippen molar-refractivity contribution >= 4 is 33.2 Å². The molecule has 0 saturated carbocycles. The number of rotatable bonds is 3. The number of nitrogens with zero attached hydrogens (tertiary/aromatic N) is 4. The van der Waals surface area contributed by atoms with Gasteiger partial charge in [-0.15, -0.1) is 10.2 Å². The van der Waals surface area contributed by atoms with Crippen LogP contribution in [-0.2, 0) is 0 Å². The Morgan fingerprint density at radius 2 is 1.77 bits per heavy atom. The summed E-state index contributed by atoms with van der Waals surface area (Å²) in [4.78, 5) is 12.4. The van der Waals surface area contributed by atoms with Crippen molar-refractivity contribution in [3.8, 4) is 11.3 Å². The van der Waals surface area contributed by atoms with Gasteiger partial charge in [0.15, 0.2) is 11.5 Å². The maximum Gasteiger partial charge on any atom is 0.256 e. The van der Waals surface area contributed by atoms with Crippen LogP contribution in [0.25, 0.3) is 16.9 Å². The van der Waals surface area contributed by atoms with Crippen LogP contribution in [0, 0.1) is 6.92 Å². The zero-order chi connectivity index (χ0) is 18.1. The van der Waals surface area contributed by atoms with E-state index in [-0.39, 0.29) is 5.91 Å². The van der Waals surface area contributed by atoms with Crippen LogP contribution in [0.5, 0.6) is 0 Å². The molecule has 2 heterocycles. The number of hydrogen-bond acceptors (Lipinski definition) is 4. The highest BCUT2D eigenvalue weighted by Gasteiger charge is 2.10. The highest BCUT2D eigenvalue weighted by molar-refractivity contribution is 9.10. The predicted molar refractivity (Wildman–Crippen MR) is 103 cm³/mol. The molecule has 0 spiro atoms. The molecule has 0 saturated heterocycles. The van der Waals surface area contributed by atoms with Gasteiger partial charge in [-0.3, -0.25) is 4.79 Å². The lowest BCUT2D eigenvalue weighted by Gasteiger charge is -2.08. The standard InChI is InChI=1S/C19H14BrN5O/c1-12-22-23-18-11-10-17(24-25(12)18)13-6-8-14(9-7-13)21-19(26)15-4-2-3-5-16(15)20/h2-11H,1H3,(H,21,26). The molecule has 0 aliphatic heterocycles. The molecule has 26 heavy (non-hydrogen) atoms. The van der Waals surface area contributed by atoms with Crippen molar-refractivity contribution in [1.29, 1.82) is 0 Å². The van der Waals surface area contributed by atoms with Gasteiger partial charge in [-0.2, -0.15) is 9.61 Å². The Hall–Kier alpha value is -3.06. The molecule has 1 amide bonds. The summed E-state index contributed by atoms with van der Waals surface area (Å²) in [5, 5.41) is 15.5. The van der Waals surface area contributed by atoms with E-state index in [0.717, 1.165) is 27.2 Å². The van der Waals surface area contributed by atoms with Crippen LogP contribution >= 0.6 is 15.9 Å². The Morgan fingerprint density at radius 3 is 2.54 bits per heavy atom. The third-order valence-electron chi connectivity index (χ3n) is 3.98. The fraction of sp³-hybridized carbons (Fsp3) is 0.0526. The minimum absolute atomic E-state index is 0.162. The number of nitrogens with one attached hydrogen (secondary N) is 1. The second-order valence-electron chi connectivity index (χ2n) is 5.75. The molecule has 0 aliphatic rings. The normalized spacial score (nSPS) is 10.8. The van der Waals surface area contributed by atoms with Gasteiger partial charge in [-0.05, 0) is 59.3 Å². The monoisotopic (exact) mass is 407 g/mol. The Kier molecular flexibility index (Phi) is 4.22. The number of anilines is 1. The van der Waals surface area contributed by atoms with Crippen molar-refractivity contribution in [2.45, 2.75) is 6.92 Å². The average Bonchev–Trinajstić information content (AvgIpc) is 3.03. The SMILES string of the molecule is Cc1nnc2ccc(-c3ccc(NC(=O)c4ccccc4Br)cc3)nn12. The van der Waals surface area contributed by atoms with Gasteiger partial charge in [-0.25, -0.2) is 0 Å². The zero-order valence-corrected chi connectivity index (χ0v) is 15.4. The first-order valence-corrected chi connectivity index (χ1v) is 8.76. The van der Waals surface area contributed by atoms with Gasteiger partial charge in [0.25, 0.3) is 5.91 Å². The molecule has 2 aromatic heterocycles. The first-order chi connectivity index (χ1) is 12.6. The number of aryl methyl sites for hydroxylation is 1. The third-order valence-corrected chi connectivity index (χ3v) is 4.67. The lowest BCUT2D eigenvalue weighted by molar-refractivity contribution is 0.102. The van der Waals surface area contributed by atoms with E-state index < -0.39 is 0 Å². The van der Waals surface area contributed by atoms with Crippen LogP contribution in [0.2, 0.25) is 0 Å². The largest absolute Gasteiger partial charge is 0.322 e. The van der Waals surface area contributed by atoms with Gasteiger partial charge in [-0.1, -0.05) is 24.3 Å². The van der Waals surface area contributed by atoms with E-state index in [1.807, 2.05) is 61.5 Å². The Balaban J connectivity index is 1.57. The number of amides is 1. The fourth-order valence-corrected chi connectivity index (χ4v) is 3.08. The summed E-state index contributed by atoms with van der Waals surface area (Å²) in [6, 6.07) is 18.6. The van der Waals surface area contributed by atoms with Gasteiger partial charge in [0, 0.05) is 15.7 Å². The fourth-order valence-electron chi connectivity index (χ4n) is 2.62. The van der Waals surface area contributed by atoms with Gasteiger partial charge in [0.2, 0.25) is 0 Å². The number of carbonyl (C=O) groups is 1. The van der Waals surface area contributed by atoms with Crippen LogP contribution in [0.15, 0.2) is 65.1 Å². The summed E-state index contributed by atoms with van der Waals surface area (Å²) in [6.07, 6.45) is 0. The molecule has 4 rings (SSSR count). The van der Waals surface area contributed by atoms with Crippen molar-refractivity contribution < 1.29 is 4.79 Å². The molecular formula is C19H14BrN5O. The first kappa shape index (κ1) is 16.4. The highest BCUT2D eigenvalue weighted by atomic mass is 79.9. The molecule has 7 heteroatoms. The van der Waals surface area contributed by atoms with Crippen molar-refractivity contribution in [2.75, 3.05) is 5.32 Å². The second kappa shape index (κ2) is 6.68. The van der Waals surface area contributed by atoms with Gasteiger partial charge < -0.3 is 5.32 Å². The number of benzene rings is 2. The summed E-state index contributed by atoms with van der Waals surface area (Å²) in [6.45, 7) is 1.86. The summed E-state index contributed by atoms with van der Waals surface area (Å²) >= 11 is 3.39. The maximum absolute atomic E-state index is 12.4. The van der Waals surface area contributed by atoms with E-state index in [4.69, 9.17) is 0 Å². The summed E-state index contributed by atoms with van der Waals surface area (Å²) in [7, 11) is 0. The van der Waals surface area contributed by atoms with Gasteiger partial charge in [0.1, 0.15) is 0 Å². The maximum atomic E-state index is 12.4. The molecule has 0 atom stereocenters. The average molecular weight is 408 g/mol. The van der Waals surface area contributed by atoms with Crippen LogP contribution < -0.4 is 5.32 Å². The summed E-state index contributed by atoms with van der Waals surface area (Å²) in [5.41, 5.74) is 3.77. The number of aromatic nitrogens is 4. The van der Waals surface area contributed by atoms with Crippen LogP contribution in [0.4, 0.5) is 5.69 Å². The smallest absolute Gasteiger partial charge is 0.256 e. The van der Waals surface area contributed by atoms with Crippen LogP contribution in [0.3, 0.4) is 0 Å². The van der Waals surface area contributed by atoms with E-state index in [1.54, 1.807) is 10.6 Å². The van der Waals surface area contributed by atoms with Crippen LogP contribution in [-0.4, -0.2) is 25.7 Å². The van der Waals surface area contributed by atoms with Crippen molar-refractivity contribution in [2.24, 2.45) is 0 Å². The Labute approximate surface area is 158 Å². The predicted octanol–water partition coefficient (Wildman–Crippen LogP) is 4.11. The summed E-state index contributed by atoms with van der Waals surface area (Å²) < 4.78 is 2.47. The molecule has 0 fully saturated rings. The molecule has 0 aliphatic carbocycles. The quantitative estimate of drug-likeness (QED) is 0.554. The lowest BCUT2D eigenvalue weighted by atomic mass is 10.1. The number of hydrogen-bond donors (Lipinski definition) is 1. The van der Waals surface area contributed by atoms with E-state index in [1.165, 1.54) is 0 Å². The van der Waals surface area contributed by atoms with Crippen molar-refractivity contribution in [3.63, 3.8) is 0 Å². The zero-order valence-electron chi connectivity index (χ0n) is 13.8. The molecule has 0 unspecified atom stereocenters. The molecule has 0 bridgehead atoms. The molecule has 6 nitrogen and oxygen atoms in total. The molecule has 2 aromatic carbocycles. The topological polar surface area (TPSA) is 72.2 Å². The van der Waals surface area contributed by atoms with Crippen molar-refractivity contribution in [1.82, 2.24) is 19.8 Å². The third kappa shape index (κ3) is 3.09. The van der Waals surface area contributed by atoms with Gasteiger partial charge >= 0.3 is 0 Å². The Morgan fingerprint density at radius 1 is 1.00 bits per heavy atom. The minimum Gasteiger partial charge on any atom is -0.322 e. The second-order valence-corrected chi connectivity index (χ2v) is 6.60. The molecule has 0 radical (unpaired) electrons. The first-order valence-electron chi connectivity index (χ1n) is 7.97. The highest BCUT2D eigenvalue weighted by Crippen LogP contribution is 2.22. The van der Waals surface area contributed by atoms with Gasteiger partial charge in [0.05, 0.1) is 11.3 Å². The van der Waals surface area contributed by atoms with Crippen molar-refractivity contribution in [3.05, 3.63) is 76.5 Å².